The van der Waals surface area contributed by atoms with Gasteiger partial charge in [-0.25, -0.2) is 4.39 Å². The van der Waals surface area contributed by atoms with Crippen LogP contribution in [0.3, 0.4) is 0 Å². The molecule has 2 rings (SSSR count). The smallest absolute Gasteiger partial charge is 0.129 e. The average molecular weight is 435 g/mol. The van der Waals surface area contributed by atoms with Gasteiger partial charge in [-0.05, 0) is 24.3 Å². The van der Waals surface area contributed by atoms with Crippen molar-refractivity contribution in [2.75, 3.05) is 26.4 Å². The van der Waals surface area contributed by atoms with Crippen LogP contribution in [0, 0.1) is 5.82 Å². The topological polar surface area (TPSA) is 50.7 Å². The Bertz CT molecular complexity index is 645. The summed E-state index contributed by atoms with van der Waals surface area (Å²) in [6.07, 6.45) is 0. The minimum atomic E-state index is -0.268. The molecule has 0 aliphatic rings. The van der Waals surface area contributed by atoms with Gasteiger partial charge >= 0.3 is 0 Å². The molecule has 0 bridgehead atoms. The van der Waals surface area contributed by atoms with Crippen molar-refractivity contribution in [2.45, 2.75) is 13.2 Å². The third kappa shape index (κ3) is 7.71. The molecule has 0 fully saturated rings. The molecular weight excluding hydrogens is 413 g/mol. The maximum absolute atomic E-state index is 13.7. The number of ether oxygens (including phenoxy) is 2. The fraction of sp³-hybridized carbons (Fsp3) is 0.333. The molecule has 0 amide bonds. The van der Waals surface area contributed by atoms with E-state index in [-0.39, 0.29) is 31.4 Å². The Morgan fingerprint density at radius 2 is 1.88 bits per heavy atom. The van der Waals surface area contributed by atoms with Crippen molar-refractivity contribution in [1.82, 2.24) is 5.32 Å². The largest absolute Gasteiger partial charge is 0.488 e. The number of halogens is 3. The molecule has 0 aromatic heterocycles. The zero-order valence-electron chi connectivity index (χ0n) is 13.7. The van der Waals surface area contributed by atoms with E-state index in [1.54, 1.807) is 18.2 Å². The molecule has 0 aliphatic heterocycles. The van der Waals surface area contributed by atoms with E-state index in [0.29, 0.717) is 37.6 Å². The fourth-order valence-corrected chi connectivity index (χ4v) is 2.54. The van der Waals surface area contributed by atoms with Crippen LogP contribution < -0.4 is 10.1 Å². The lowest BCUT2D eigenvalue weighted by atomic mass is 10.2. The van der Waals surface area contributed by atoms with Gasteiger partial charge in [-0.15, -0.1) is 12.4 Å². The standard InChI is InChI=1S/C18H21BrFNO3.ClH/c19-16-5-6-18(24-13-14-3-1-2-4-17(14)20)15(11-16)12-21-7-9-23-10-8-22;/h1-6,11,21-22H,7-10,12-13H2;1H. The molecule has 0 atom stereocenters. The van der Waals surface area contributed by atoms with Gasteiger partial charge in [0.1, 0.15) is 18.2 Å². The van der Waals surface area contributed by atoms with Crippen LogP contribution in [-0.4, -0.2) is 31.5 Å². The number of rotatable bonds is 10. The number of hydrogen-bond donors (Lipinski definition) is 2. The van der Waals surface area contributed by atoms with Crippen LogP contribution in [0.1, 0.15) is 11.1 Å². The minimum absolute atomic E-state index is 0. The summed E-state index contributed by atoms with van der Waals surface area (Å²) in [5.74, 6) is 0.445. The molecule has 0 aliphatic carbocycles. The first-order valence-corrected chi connectivity index (χ1v) is 8.54. The second-order valence-electron chi connectivity index (χ2n) is 5.14. The summed E-state index contributed by atoms with van der Waals surface area (Å²) in [6.45, 7) is 2.35. The van der Waals surface area contributed by atoms with Crippen molar-refractivity contribution >= 4 is 28.3 Å². The van der Waals surface area contributed by atoms with Gasteiger partial charge in [0.05, 0.1) is 19.8 Å². The minimum Gasteiger partial charge on any atom is -0.488 e. The van der Waals surface area contributed by atoms with Crippen molar-refractivity contribution in [3.05, 3.63) is 63.9 Å². The Labute approximate surface area is 161 Å². The highest BCUT2D eigenvalue weighted by Crippen LogP contribution is 2.24. The number of aliphatic hydroxyl groups excluding tert-OH is 1. The normalized spacial score (nSPS) is 10.4. The maximum atomic E-state index is 13.7. The van der Waals surface area contributed by atoms with Crippen LogP contribution in [-0.2, 0) is 17.9 Å². The molecule has 0 radical (unpaired) electrons. The molecular formula is C18H22BrClFNO3. The van der Waals surface area contributed by atoms with Gasteiger partial charge in [0.15, 0.2) is 0 Å². The van der Waals surface area contributed by atoms with Crippen LogP contribution in [0.4, 0.5) is 4.39 Å². The van der Waals surface area contributed by atoms with E-state index in [0.717, 1.165) is 10.0 Å². The van der Waals surface area contributed by atoms with Gasteiger partial charge in [0, 0.05) is 28.7 Å². The summed E-state index contributed by atoms with van der Waals surface area (Å²) in [5, 5.41) is 11.9. The van der Waals surface area contributed by atoms with E-state index in [9.17, 15) is 4.39 Å². The number of benzene rings is 2. The molecule has 25 heavy (non-hydrogen) atoms. The Hall–Kier alpha value is -1.18. The lowest BCUT2D eigenvalue weighted by molar-refractivity contribution is 0.0937. The highest BCUT2D eigenvalue weighted by Gasteiger charge is 2.07. The number of aliphatic hydroxyl groups is 1. The lowest BCUT2D eigenvalue weighted by Gasteiger charge is -2.13. The molecule has 7 heteroatoms. The lowest BCUT2D eigenvalue weighted by Crippen LogP contribution is -2.20. The van der Waals surface area contributed by atoms with Crippen LogP contribution in [0.5, 0.6) is 5.75 Å². The van der Waals surface area contributed by atoms with Gasteiger partial charge in [-0.2, -0.15) is 0 Å². The van der Waals surface area contributed by atoms with Gasteiger partial charge in [-0.1, -0.05) is 34.1 Å². The van der Waals surface area contributed by atoms with Crippen molar-refractivity contribution in [3.63, 3.8) is 0 Å². The van der Waals surface area contributed by atoms with Crippen LogP contribution in [0.2, 0.25) is 0 Å². The van der Waals surface area contributed by atoms with Gasteiger partial charge in [-0.3, -0.25) is 0 Å². The summed E-state index contributed by atoms with van der Waals surface area (Å²) in [6, 6.07) is 12.3. The first-order chi connectivity index (χ1) is 11.7. The zero-order valence-corrected chi connectivity index (χ0v) is 16.1. The van der Waals surface area contributed by atoms with E-state index in [4.69, 9.17) is 14.6 Å². The monoisotopic (exact) mass is 433 g/mol. The summed E-state index contributed by atoms with van der Waals surface area (Å²) >= 11 is 3.45. The first kappa shape index (κ1) is 21.9. The quantitative estimate of drug-likeness (QED) is 0.560. The average Bonchev–Trinajstić information content (AvgIpc) is 2.58. The summed E-state index contributed by atoms with van der Waals surface area (Å²) in [5.41, 5.74) is 1.50. The van der Waals surface area contributed by atoms with E-state index in [2.05, 4.69) is 21.2 Å². The van der Waals surface area contributed by atoms with Crippen molar-refractivity contribution in [1.29, 1.82) is 0 Å². The van der Waals surface area contributed by atoms with Crippen molar-refractivity contribution < 1.29 is 19.0 Å². The first-order valence-electron chi connectivity index (χ1n) is 7.74. The summed E-state index contributed by atoms with van der Waals surface area (Å²) in [4.78, 5) is 0. The third-order valence-electron chi connectivity index (χ3n) is 3.34. The van der Waals surface area contributed by atoms with E-state index in [1.807, 2.05) is 18.2 Å². The molecule has 0 saturated carbocycles. The molecule has 0 heterocycles. The highest BCUT2D eigenvalue weighted by molar-refractivity contribution is 9.10. The third-order valence-corrected chi connectivity index (χ3v) is 3.83. The van der Waals surface area contributed by atoms with Gasteiger partial charge < -0.3 is 19.9 Å². The van der Waals surface area contributed by atoms with E-state index >= 15 is 0 Å². The molecule has 2 N–H and O–H groups in total. The predicted molar refractivity (Wildman–Crippen MR) is 102 cm³/mol. The van der Waals surface area contributed by atoms with Crippen molar-refractivity contribution in [2.24, 2.45) is 0 Å². The Morgan fingerprint density at radius 3 is 2.64 bits per heavy atom. The van der Waals surface area contributed by atoms with Crippen LogP contribution in [0.15, 0.2) is 46.9 Å². The Balaban J connectivity index is 0.00000312. The molecule has 0 saturated heterocycles. The van der Waals surface area contributed by atoms with E-state index in [1.165, 1.54) is 6.07 Å². The van der Waals surface area contributed by atoms with Crippen LogP contribution >= 0.6 is 28.3 Å². The van der Waals surface area contributed by atoms with Crippen molar-refractivity contribution in [3.8, 4) is 5.75 Å². The Morgan fingerprint density at radius 1 is 1.08 bits per heavy atom. The summed E-state index contributed by atoms with van der Waals surface area (Å²) in [7, 11) is 0. The molecule has 2 aromatic rings. The zero-order chi connectivity index (χ0) is 17.2. The second-order valence-corrected chi connectivity index (χ2v) is 6.06. The SMILES string of the molecule is Cl.OCCOCCNCc1cc(Br)ccc1OCc1ccccc1F. The predicted octanol–water partition coefficient (Wildman–Crippen LogP) is 3.69. The Kier molecular flexibility index (Phi) is 10.7. The highest BCUT2D eigenvalue weighted by atomic mass is 79.9. The fourth-order valence-electron chi connectivity index (χ4n) is 2.13. The molecule has 4 nitrogen and oxygen atoms in total. The molecule has 2 aromatic carbocycles. The van der Waals surface area contributed by atoms with Gasteiger partial charge in [0.25, 0.3) is 0 Å². The van der Waals surface area contributed by atoms with E-state index < -0.39 is 0 Å². The molecule has 0 spiro atoms. The maximum Gasteiger partial charge on any atom is 0.129 e. The number of hydrogen-bond acceptors (Lipinski definition) is 4. The second kappa shape index (κ2) is 12.2. The molecule has 0 unspecified atom stereocenters. The van der Waals surface area contributed by atoms with Crippen LogP contribution in [0.25, 0.3) is 0 Å². The van der Waals surface area contributed by atoms with Gasteiger partial charge in [0.2, 0.25) is 0 Å². The molecule has 138 valence electrons. The summed E-state index contributed by atoms with van der Waals surface area (Å²) < 4.78 is 25.6. The number of nitrogens with one attached hydrogen (secondary N) is 1.